The molecular formula is C15H23NO4S. The summed E-state index contributed by atoms with van der Waals surface area (Å²) in [5.41, 5.74) is 0. The molecule has 0 aromatic heterocycles. The Bertz CT molecular complexity index is 583. The lowest BCUT2D eigenvalue weighted by Gasteiger charge is -2.20. The van der Waals surface area contributed by atoms with E-state index >= 15 is 0 Å². The third-order valence-corrected chi connectivity index (χ3v) is 4.94. The van der Waals surface area contributed by atoms with Gasteiger partial charge in [0.15, 0.2) is 11.5 Å². The number of benzene rings is 1. The third kappa shape index (κ3) is 4.35. The Morgan fingerprint density at radius 1 is 1.10 bits per heavy atom. The number of rotatable bonds is 6. The first-order valence-electron chi connectivity index (χ1n) is 7.30. The van der Waals surface area contributed by atoms with Crippen LogP contribution < -0.4 is 14.2 Å². The Morgan fingerprint density at radius 3 is 2.43 bits per heavy atom. The standard InChI is InChI=1S/C15H23NO4S/c1-11(2)4-5-12(3)16-21(17,18)13-6-7-14-15(10-13)20-9-8-19-14/h6-7,10-12,16H,4-5,8-9H2,1-3H3. The van der Waals surface area contributed by atoms with E-state index in [1.807, 2.05) is 6.92 Å². The van der Waals surface area contributed by atoms with Crippen LogP contribution in [0.1, 0.15) is 33.6 Å². The summed E-state index contributed by atoms with van der Waals surface area (Å²) in [6.45, 7) is 7.07. The van der Waals surface area contributed by atoms with E-state index in [2.05, 4.69) is 18.6 Å². The number of ether oxygens (including phenoxy) is 2. The average molecular weight is 313 g/mol. The van der Waals surface area contributed by atoms with Gasteiger partial charge in [0.2, 0.25) is 10.0 Å². The van der Waals surface area contributed by atoms with Crippen molar-refractivity contribution in [1.82, 2.24) is 4.72 Å². The number of sulfonamides is 1. The Kier molecular flexibility index (Phi) is 5.11. The summed E-state index contributed by atoms with van der Waals surface area (Å²) in [6, 6.07) is 4.62. The number of hydrogen-bond acceptors (Lipinski definition) is 4. The smallest absolute Gasteiger partial charge is 0.240 e. The van der Waals surface area contributed by atoms with Crippen molar-refractivity contribution in [1.29, 1.82) is 0 Å². The van der Waals surface area contributed by atoms with Gasteiger partial charge in [-0.15, -0.1) is 0 Å². The highest BCUT2D eigenvalue weighted by Gasteiger charge is 2.21. The molecule has 0 amide bonds. The minimum Gasteiger partial charge on any atom is -0.486 e. The zero-order valence-corrected chi connectivity index (χ0v) is 13.6. The summed E-state index contributed by atoms with van der Waals surface area (Å²) in [5, 5.41) is 0. The molecule has 21 heavy (non-hydrogen) atoms. The molecule has 1 unspecified atom stereocenters. The van der Waals surface area contributed by atoms with E-state index in [-0.39, 0.29) is 10.9 Å². The second kappa shape index (κ2) is 6.66. The Hall–Kier alpha value is -1.27. The molecule has 0 spiro atoms. The first-order chi connectivity index (χ1) is 9.88. The molecule has 1 aromatic rings. The quantitative estimate of drug-likeness (QED) is 0.876. The molecule has 5 nitrogen and oxygen atoms in total. The van der Waals surface area contributed by atoms with Gasteiger partial charge in [0.25, 0.3) is 0 Å². The molecule has 0 aliphatic carbocycles. The van der Waals surface area contributed by atoms with Crippen LogP contribution in [-0.2, 0) is 10.0 Å². The van der Waals surface area contributed by atoms with Crippen LogP contribution in [0.15, 0.2) is 23.1 Å². The summed E-state index contributed by atoms with van der Waals surface area (Å²) in [7, 11) is -3.53. The first-order valence-corrected chi connectivity index (χ1v) is 8.79. The molecule has 0 saturated carbocycles. The monoisotopic (exact) mass is 313 g/mol. The summed E-state index contributed by atoms with van der Waals surface area (Å²) in [5.74, 6) is 1.64. The first kappa shape index (κ1) is 16.1. The number of nitrogens with one attached hydrogen (secondary N) is 1. The van der Waals surface area contributed by atoms with Crippen molar-refractivity contribution < 1.29 is 17.9 Å². The maximum atomic E-state index is 12.4. The predicted octanol–water partition coefficient (Wildman–Crippen LogP) is 2.56. The van der Waals surface area contributed by atoms with E-state index in [4.69, 9.17) is 9.47 Å². The van der Waals surface area contributed by atoms with Crippen LogP contribution in [0, 0.1) is 5.92 Å². The molecule has 1 N–H and O–H groups in total. The van der Waals surface area contributed by atoms with Crippen molar-refractivity contribution in [3.63, 3.8) is 0 Å². The molecule has 0 radical (unpaired) electrons. The maximum absolute atomic E-state index is 12.4. The normalized spacial score (nSPS) is 16.0. The fourth-order valence-electron chi connectivity index (χ4n) is 2.17. The summed E-state index contributed by atoms with van der Waals surface area (Å²) < 4.78 is 38.3. The highest BCUT2D eigenvalue weighted by atomic mass is 32.2. The number of hydrogen-bond donors (Lipinski definition) is 1. The van der Waals surface area contributed by atoms with Crippen molar-refractivity contribution >= 4 is 10.0 Å². The van der Waals surface area contributed by atoms with Gasteiger partial charge in [-0.2, -0.15) is 0 Å². The van der Waals surface area contributed by atoms with Gasteiger partial charge in [-0.25, -0.2) is 13.1 Å². The maximum Gasteiger partial charge on any atom is 0.240 e. The van der Waals surface area contributed by atoms with Crippen molar-refractivity contribution in [2.75, 3.05) is 13.2 Å². The Morgan fingerprint density at radius 2 is 1.76 bits per heavy atom. The van der Waals surface area contributed by atoms with Gasteiger partial charge in [-0.3, -0.25) is 0 Å². The molecule has 0 fully saturated rings. The second-order valence-electron chi connectivity index (χ2n) is 5.80. The SMILES string of the molecule is CC(C)CCC(C)NS(=O)(=O)c1ccc2c(c1)OCCO2. The molecule has 118 valence electrons. The van der Waals surface area contributed by atoms with Gasteiger partial charge >= 0.3 is 0 Å². The van der Waals surface area contributed by atoms with Gasteiger partial charge < -0.3 is 9.47 Å². The van der Waals surface area contributed by atoms with Gasteiger partial charge in [0, 0.05) is 12.1 Å². The Balaban J connectivity index is 2.08. The van der Waals surface area contributed by atoms with E-state index in [1.165, 1.54) is 6.07 Å². The van der Waals surface area contributed by atoms with Gasteiger partial charge in [0.05, 0.1) is 4.90 Å². The largest absolute Gasteiger partial charge is 0.486 e. The number of fused-ring (bicyclic) bond motifs is 1. The predicted molar refractivity (Wildman–Crippen MR) is 81.3 cm³/mol. The van der Waals surface area contributed by atoms with Gasteiger partial charge in [0.1, 0.15) is 13.2 Å². The summed E-state index contributed by atoms with van der Waals surface area (Å²) >= 11 is 0. The minimum absolute atomic E-state index is 0.0920. The second-order valence-corrected chi connectivity index (χ2v) is 7.51. The van der Waals surface area contributed by atoms with E-state index in [0.717, 1.165) is 12.8 Å². The van der Waals surface area contributed by atoms with Crippen LogP contribution in [0.4, 0.5) is 0 Å². The van der Waals surface area contributed by atoms with E-state index < -0.39 is 10.0 Å². The highest BCUT2D eigenvalue weighted by molar-refractivity contribution is 7.89. The van der Waals surface area contributed by atoms with E-state index in [1.54, 1.807) is 12.1 Å². The topological polar surface area (TPSA) is 64.6 Å². The van der Waals surface area contributed by atoms with Crippen molar-refractivity contribution in [2.45, 2.75) is 44.6 Å². The van der Waals surface area contributed by atoms with Crippen LogP contribution in [0.3, 0.4) is 0 Å². The fraction of sp³-hybridized carbons (Fsp3) is 0.600. The van der Waals surface area contributed by atoms with Crippen molar-refractivity contribution in [3.8, 4) is 11.5 Å². The molecule has 1 aromatic carbocycles. The molecule has 1 aliphatic heterocycles. The molecule has 1 atom stereocenters. The third-order valence-electron chi connectivity index (χ3n) is 3.36. The summed E-state index contributed by atoms with van der Waals surface area (Å²) in [6.07, 6.45) is 1.81. The molecule has 0 bridgehead atoms. The molecule has 1 heterocycles. The highest BCUT2D eigenvalue weighted by Crippen LogP contribution is 2.32. The van der Waals surface area contributed by atoms with Crippen LogP contribution in [0.25, 0.3) is 0 Å². The van der Waals surface area contributed by atoms with Crippen LogP contribution in [0.2, 0.25) is 0 Å². The molecule has 2 rings (SSSR count). The molecule has 6 heteroatoms. The average Bonchev–Trinajstić information content (AvgIpc) is 2.44. The van der Waals surface area contributed by atoms with Gasteiger partial charge in [-0.1, -0.05) is 13.8 Å². The molecular weight excluding hydrogens is 290 g/mol. The Labute approximate surface area is 126 Å². The van der Waals surface area contributed by atoms with Crippen molar-refractivity contribution in [3.05, 3.63) is 18.2 Å². The fourth-order valence-corrected chi connectivity index (χ4v) is 3.46. The van der Waals surface area contributed by atoms with Crippen molar-refractivity contribution in [2.24, 2.45) is 5.92 Å². The lowest BCUT2D eigenvalue weighted by atomic mass is 10.1. The van der Waals surface area contributed by atoms with Crippen LogP contribution in [-0.4, -0.2) is 27.7 Å². The van der Waals surface area contributed by atoms with E-state index in [0.29, 0.717) is 30.6 Å². The zero-order chi connectivity index (χ0) is 15.5. The van der Waals surface area contributed by atoms with E-state index in [9.17, 15) is 8.42 Å². The lowest BCUT2D eigenvalue weighted by molar-refractivity contribution is 0.171. The van der Waals surface area contributed by atoms with Crippen LogP contribution >= 0.6 is 0 Å². The van der Waals surface area contributed by atoms with Crippen LogP contribution in [0.5, 0.6) is 11.5 Å². The molecule has 1 aliphatic rings. The zero-order valence-electron chi connectivity index (χ0n) is 12.8. The molecule has 0 saturated heterocycles. The van der Waals surface area contributed by atoms with Gasteiger partial charge in [-0.05, 0) is 37.8 Å². The minimum atomic E-state index is -3.53. The lowest BCUT2D eigenvalue weighted by Crippen LogP contribution is -2.32. The summed E-state index contributed by atoms with van der Waals surface area (Å²) in [4.78, 5) is 0.211.